The van der Waals surface area contributed by atoms with E-state index in [0.29, 0.717) is 6.04 Å². The Morgan fingerprint density at radius 1 is 1.29 bits per heavy atom. The predicted molar refractivity (Wildman–Crippen MR) is 57.1 cm³/mol. The zero-order valence-electron chi connectivity index (χ0n) is 9.29. The topological polar surface area (TPSA) is 52.5 Å². The maximum Gasteiger partial charge on any atom is 0.0633 e. The molecule has 3 nitrogen and oxygen atoms in total. The Balaban J connectivity index is 2.41. The molecule has 1 aliphatic carbocycles. The summed E-state index contributed by atoms with van der Waals surface area (Å²) in [5.41, 5.74) is -0.512. The quantitative estimate of drug-likeness (QED) is 0.633. The molecule has 3 N–H and O–H groups in total. The minimum absolute atomic E-state index is 0.00557. The summed E-state index contributed by atoms with van der Waals surface area (Å²) in [6.45, 7) is 4.12. The maximum absolute atomic E-state index is 9.16. The number of aliphatic hydroxyl groups is 2. The molecule has 2 atom stereocenters. The second kappa shape index (κ2) is 5.10. The lowest BCUT2D eigenvalue weighted by molar-refractivity contribution is 0.0847. The molecule has 84 valence electrons. The van der Waals surface area contributed by atoms with Gasteiger partial charge in [-0.1, -0.05) is 19.8 Å². The molecule has 0 aromatic rings. The van der Waals surface area contributed by atoms with Crippen LogP contribution in [0.1, 0.15) is 39.5 Å². The Bertz CT molecular complexity index is 169. The summed E-state index contributed by atoms with van der Waals surface area (Å²) >= 11 is 0. The molecular weight excluding hydrogens is 178 g/mol. The van der Waals surface area contributed by atoms with E-state index in [0.717, 1.165) is 12.3 Å². The Morgan fingerprint density at radius 2 is 1.93 bits per heavy atom. The van der Waals surface area contributed by atoms with Crippen molar-refractivity contribution in [1.82, 2.24) is 5.32 Å². The fraction of sp³-hybridized carbons (Fsp3) is 1.00. The van der Waals surface area contributed by atoms with Gasteiger partial charge in [-0.2, -0.15) is 0 Å². The fourth-order valence-electron chi connectivity index (χ4n) is 2.20. The first-order valence-corrected chi connectivity index (χ1v) is 5.59. The molecule has 1 saturated carbocycles. The highest BCUT2D eigenvalue weighted by atomic mass is 16.3. The van der Waals surface area contributed by atoms with Crippen LogP contribution in [0.3, 0.4) is 0 Å². The standard InChI is InChI=1S/C11H23NO2/c1-9-4-3-5-10(6-9)12-11(2,7-13)8-14/h9-10,12-14H,3-8H2,1-2H3. The van der Waals surface area contributed by atoms with E-state index < -0.39 is 5.54 Å². The van der Waals surface area contributed by atoms with Gasteiger partial charge in [0.2, 0.25) is 0 Å². The third-order valence-electron chi connectivity index (χ3n) is 3.19. The molecule has 14 heavy (non-hydrogen) atoms. The third-order valence-corrected chi connectivity index (χ3v) is 3.19. The van der Waals surface area contributed by atoms with Gasteiger partial charge in [0.25, 0.3) is 0 Å². The highest BCUT2D eigenvalue weighted by molar-refractivity contribution is 4.87. The van der Waals surface area contributed by atoms with E-state index >= 15 is 0 Å². The van der Waals surface area contributed by atoms with Gasteiger partial charge >= 0.3 is 0 Å². The minimum atomic E-state index is -0.512. The average Bonchev–Trinajstić information content (AvgIpc) is 2.18. The maximum atomic E-state index is 9.16. The normalized spacial score (nSPS) is 29.1. The first kappa shape index (κ1) is 12.0. The molecule has 0 saturated heterocycles. The molecule has 0 aliphatic heterocycles. The van der Waals surface area contributed by atoms with Gasteiger partial charge in [-0.3, -0.25) is 0 Å². The van der Waals surface area contributed by atoms with Gasteiger partial charge < -0.3 is 15.5 Å². The van der Waals surface area contributed by atoms with Crippen molar-refractivity contribution in [1.29, 1.82) is 0 Å². The van der Waals surface area contributed by atoms with E-state index in [2.05, 4.69) is 12.2 Å². The first-order valence-electron chi connectivity index (χ1n) is 5.59. The summed E-state index contributed by atoms with van der Waals surface area (Å²) < 4.78 is 0. The van der Waals surface area contributed by atoms with Gasteiger partial charge in [0.1, 0.15) is 0 Å². The molecule has 2 unspecified atom stereocenters. The van der Waals surface area contributed by atoms with Crippen molar-refractivity contribution in [3.05, 3.63) is 0 Å². The number of aliphatic hydroxyl groups excluding tert-OH is 2. The lowest BCUT2D eigenvalue weighted by Crippen LogP contribution is -2.54. The van der Waals surface area contributed by atoms with Crippen molar-refractivity contribution in [3.63, 3.8) is 0 Å². The van der Waals surface area contributed by atoms with E-state index in [1.165, 1.54) is 19.3 Å². The van der Waals surface area contributed by atoms with Gasteiger partial charge in [-0.25, -0.2) is 0 Å². The van der Waals surface area contributed by atoms with E-state index in [9.17, 15) is 0 Å². The van der Waals surface area contributed by atoms with E-state index in [1.54, 1.807) is 0 Å². The molecule has 0 bridgehead atoms. The van der Waals surface area contributed by atoms with Crippen LogP contribution in [0.15, 0.2) is 0 Å². The van der Waals surface area contributed by atoms with Gasteiger partial charge in [-0.15, -0.1) is 0 Å². The SMILES string of the molecule is CC1CCCC(NC(C)(CO)CO)C1. The van der Waals surface area contributed by atoms with Gasteiger partial charge in [-0.05, 0) is 25.7 Å². The van der Waals surface area contributed by atoms with E-state index in [1.807, 2.05) is 6.92 Å². The molecule has 1 rings (SSSR count). The summed E-state index contributed by atoms with van der Waals surface area (Å²) in [5, 5.41) is 21.7. The summed E-state index contributed by atoms with van der Waals surface area (Å²) in [4.78, 5) is 0. The van der Waals surface area contributed by atoms with Crippen molar-refractivity contribution in [2.75, 3.05) is 13.2 Å². The first-order chi connectivity index (χ1) is 6.59. The largest absolute Gasteiger partial charge is 0.394 e. The highest BCUT2D eigenvalue weighted by Gasteiger charge is 2.28. The van der Waals surface area contributed by atoms with Crippen molar-refractivity contribution in [3.8, 4) is 0 Å². The second-order valence-electron chi connectivity index (χ2n) is 4.99. The number of hydrogen-bond acceptors (Lipinski definition) is 3. The molecule has 0 heterocycles. The molecule has 0 aromatic carbocycles. The van der Waals surface area contributed by atoms with E-state index in [-0.39, 0.29) is 13.2 Å². The van der Waals surface area contributed by atoms with E-state index in [4.69, 9.17) is 10.2 Å². The van der Waals surface area contributed by atoms with Crippen LogP contribution in [0.4, 0.5) is 0 Å². The summed E-state index contributed by atoms with van der Waals surface area (Å²) in [7, 11) is 0. The van der Waals surface area contributed by atoms with Gasteiger partial charge in [0.05, 0.1) is 18.8 Å². The Kier molecular flexibility index (Phi) is 4.35. The third kappa shape index (κ3) is 3.23. The smallest absolute Gasteiger partial charge is 0.0633 e. The highest BCUT2D eigenvalue weighted by Crippen LogP contribution is 2.24. The van der Waals surface area contributed by atoms with Crippen molar-refractivity contribution in [2.45, 2.75) is 51.1 Å². The fourth-order valence-corrected chi connectivity index (χ4v) is 2.20. The van der Waals surface area contributed by atoms with Crippen LogP contribution in [0.5, 0.6) is 0 Å². The second-order valence-corrected chi connectivity index (χ2v) is 4.99. The van der Waals surface area contributed by atoms with Crippen LogP contribution >= 0.6 is 0 Å². The summed E-state index contributed by atoms with van der Waals surface area (Å²) in [6.07, 6.45) is 4.90. The molecule has 0 amide bonds. The van der Waals surface area contributed by atoms with Crippen LogP contribution < -0.4 is 5.32 Å². The molecule has 1 fully saturated rings. The van der Waals surface area contributed by atoms with Gasteiger partial charge in [0.15, 0.2) is 0 Å². The lowest BCUT2D eigenvalue weighted by atomic mass is 9.85. The van der Waals surface area contributed by atoms with Crippen LogP contribution in [0.2, 0.25) is 0 Å². The molecule has 0 aromatic heterocycles. The molecule has 0 radical (unpaired) electrons. The average molecular weight is 201 g/mol. The monoisotopic (exact) mass is 201 g/mol. The molecule has 3 heteroatoms. The number of rotatable bonds is 4. The van der Waals surface area contributed by atoms with Crippen molar-refractivity contribution < 1.29 is 10.2 Å². The minimum Gasteiger partial charge on any atom is -0.394 e. The zero-order valence-corrected chi connectivity index (χ0v) is 9.29. The van der Waals surface area contributed by atoms with Crippen LogP contribution in [-0.2, 0) is 0 Å². The number of hydrogen-bond donors (Lipinski definition) is 3. The lowest BCUT2D eigenvalue weighted by Gasteiger charge is -2.35. The van der Waals surface area contributed by atoms with Crippen LogP contribution in [-0.4, -0.2) is 35.0 Å². The van der Waals surface area contributed by atoms with Gasteiger partial charge in [0, 0.05) is 6.04 Å². The zero-order chi connectivity index (χ0) is 10.6. The van der Waals surface area contributed by atoms with Crippen molar-refractivity contribution in [2.24, 2.45) is 5.92 Å². The predicted octanol–water partition coefficient (Wildman–Crippen LogP) is 0.898. The summed E-state index contributed by atoms with van der Waals surface area (Å²) in [6, 6.07) is 0.461. The van der Waals surface area contributed by atoms with Crippen molar-refractivity contribution >= 4 is 0 Å². The Labute approximate surface area is 86.5 Å². The van der Waals surface area contributed by atoms with Crippen LogP contribution in [0, 0.1) is 5.92 Å². The Hall–Kier alpha value is -0.120. The molecule has 1 aliphatic rings. The number of nitrogens with one attached hydrogen (secondary N) is 1. The molecule has 0 spiro atoms. The summed E-state index contributed by atoms with van der Waals surface area (Å²) in [5.74, 6) is 0.767. The Morgan fingerprint density at radius 3 is 2.43 bits per heavy atom. The van der Waals surface area contributed by atoms with Crippen LogP contribution in [0.25, 0.3) is 0 Å². The molecular formula is C11H23NO2.